The number of nitrogens with one attached hydrogen (secondary N) is 1. The maximum Gasteiger partial charge on any atom is 0.141 e. The zero-order valence-electron chi connectivity index (χ0n) is 4.90. The molecule has 8 heavy (non-hydrogen) atoms. The Labute approximate surface area is 48.4 Å². The Balaban J connectivity index is 2.66. The van der Waals surface area contributed by atoms with Gasteiger partial charge in [-0.05, 0) is 19.8 Å². The van der Waals surface area contributed by atoms with Crippen molar-refractivity contribution in [3.8, 4) is 0 Å². The number of Topliss-reactive ketones (excluding diaryl/α,β-unsaturated/α-hetero) is 1. The first-order valence-corrected chi connectivity index (χ1v) is 2.74. The molecule has 0 saturated heterocycles. The van der Waals surface area contributed by atoms with Crippen LogP contribution < -0.4 is 0 Å². The fourth-order valence-electron chi connectivity index (χ4n) is 0.733. The minimum absolute atomic E-state index is 0.146. The van der Waals surface area contributed by atoms with E-state index in [2.05, 4.69) is 0 Å². The molecule has 2 nitrogen and oxygen atoms in total. The molecule has 1 aliphatic rings. The van der Waals surface area contributed by atoms with Gasteiger partial charge in [0.25, 0.3) is 0 Å². The third kappa shape index (κ3) is 0.565. The lowest BCUT2D eigenvalue weighted by Gasteiger charge is -1.97. The van der Waals surface area contributed by atoms with E-state index in [0.29, 0.717) is 0 Å². The molecular formula is C6H9NO. The van der Waals surface area contributed by atoms with E-state index in [-0.39, 0.29) is 11.2 Å². The topological polar surface area (TPSA) is 40.9 Å². The van der Waals surface area contributed by atoms with Gasteiger partial charge in [0.1, 0.15) is 5.78 Å². The van der Waals surface area contributed by atoms with Crippen molar-refractivity contribution in [2.24, 2.45) is 5.41 Å². The second-order valence-electron chi connectivity index (χ2n) is 2.36. The minimum Gasteiger partial charge on any atom is -0.312 e. The summed E-state index contributed by atoms with van der Waals surface area (Å²) in [4.78, 5) is 10.6. The zero-order chi connectivity index (χ0) is 6.20. The van der Waals surface area contributed by atoms with Crippen LogP contribution >= 0.6 is 0 Å². The molecule has 1 rings (SSSR count). The van der Waals surface area contributed by atoms with E-state index in [4.69, 9.17) is 5.41 Å². The molecule has 0 unspecified atom stereocenters. The summed E-state index contributed by atoms with van der Waals surface area (Å²) >= 11 is 0. The maximum atomic E-state index is 10.6. The summed E-state index contributed by atoms with van der Waals surface area (Å²) in [5, 5.41) is 6.85. The second-order valence-corrected chi connectivity index (χ2v) is 2.36. The molecule has 1 N–H and O–H groups in total. The summed E-state index contributed by atoms with van der Waals surface area (Å²) in [6.07, 6.45) is 3.06. The van der Waals surface area contributed by atoms with Gasteiger partial charge in [0.05, 0.1) is 5.41 Å². The van der Waals surface area contributed by atoms with E-state index < -0.39 is 0 Å². The monoisotopic (exact) mass is 111 g/mol. The molecule has 2 heteroatoms. The molecule has 0 aromatic carbocycles. The lowest BCUT2D eigenvalue weighted by atomic mass is 10.1. The van der Waals surface area contributed by atoms with Gasteiger partial charge in [-0.1, -0.05) is 0 Å². The van der Waals surface area contributed by atoms with Crippen LogP contribution in [0.1, 0.15) is 19.8 Å². The van der Waals surface area contributed by atoms with Gasteiger partial charge >= 0.3 is 0 Å². The smallest absolute Gasteiger partial charge is 0.141 e. The molecule has 1 saturated carbocycles. The molecular weight excluding hydrogens is 102 g/mol. The van der Waals surface area contributed by atoms with Crippen LogP contribution in [0.5, 0.6) is 0 Å². The van der Waals surface area contributed by atoms with Gasteiger partial charge in [-0.25, -0.2) is 0 Å². The van der Waals surface area contributed by atoms with Crippen LogP contribution in [0, 0.1) is 10.8 Å². The maximum absolute atomic E-state index is 10.6. The van der Waals surface area contributed by atoms with Crippen molar-refractivity contribution in [3.63, 3.8) is 0 Å². The normalized spacial score (nSPS) is 22.1. The van der Waals surface area contributed by atoms with E-state index in [9.17, 15) is 4.79 Å². The largest absolute Gasteiger partial charge is 0.312 e. The predicted molar refractivity (Wildman–Crippen MR) is 31.1 cm³/mol. The van der Waals surface area contributed by atoms with E-state index in [1.54, 1.807) is 6.92 Å². The van der Waals surface area contributed by atoms with Gasteiger partial charge in [-0.2, -0.15) is 0 Å². The Morgan fingerprint density at radius 3 is 2.25 bits per heavy atom. The molecule has 0 atom stereocenters. The van der Waals surface area contributed by atoms with Gasteiger partial charge in [0.15, 0.2) is 0 Å². The summed E-state index contributed by atoms with van der Waals surface area (Å²) in [6.45, 7) is 1.55. The third-order valence-electron chi connectivity index (χ3n) is 1.77. The van der Waals surface area contributed by atoms with Gasteiger partial charge in [-0.15, -0.1) is 0 Å². The minimum atomic E-state index is -0.306. The van der Waals surface area contributed by atoms with Crippen molar-refractivity contribution < 1.29 is 4.79 Å². The van der Waals surface area contributed by atoms with Crippen LogP contribution in [-0.4, -0.2) is 12.0 Å². The van der Waals surface area contributed by atoms with E-state index >= 15 is 0 Å². The number of hydrogen-bond donors (Lipinski definition) is 1. The van der Waals surface area contributed by atoms with E-state index in [1.165, 1.54) is 6.21 Å². The summed E-state index contributed by atoms with van der Waals surface area (Å²) in [5.41, 5.74) is -0.306. The SMILES string of the molecule is CC(=O)C1(C=N)CC1. The van der Waals surface area contributed by atoms with E-state index in [0.717, 1.165) is 12.8 Å². The van der Waals surface area contributed by atoms with Gasteiger partial charge in [0, 0.05) is 6.21 Å². The highest BCUT2D eigenvalue weighted by molar-refractivity contribution is 6.00. The average molecular weight is 111 g/mol. The van der Waals surface area contributed by atoms with Crippen LogP contribution in [0.15, 0.2) is 0 Å². The van der Waals surface area contributed by atoms with E-state index in [1.807, 2.05) is 0 Å². The first-order chi connectivity index (χ1) is 3.71. The lowest BCUT2D eigenvalue weighted by molar-refractivity contribution is -0.119. The fraction of sp³-hybridized carbons (Fsp3) is 0.667. The Morgan fingerprint density at radius 2 is 2.25 bits per heavy atom. The predicted octanol–water partition coefficient (Wildman–Crippen LogP) is 1.01. The van der Waals surface area contributed by atoms with Gasteiger partial charge < -0.3 is 5.41 Å². The molecule has 0 aromatic rings. The Hall–Kier alpha value is -0.660. The summed E-state index contributed by atoms with van der Waals surface area (Å²) in [5.74, 6) is 0.146. The average Bonchev–Trinajstić information content (AvgIpc) is 2.44. The fourth-order valence-corrected chi connectivity index (χ4v) is 0.733. The van der Waals surface area contributed by atoms with Gasteiger partial charge in [-0.3, -0.25) is 4.79 Å². The van der Waals surface area contributed by atoms with Crippen LogP contribution in [0.4, 0.5) is 0 Å². The number of rotatable bonds is 2. The zero-order valence-corrected chi connectivity index (χ0v) is 4.90. The molecule has 0 aromatic heterocycles. The van der Waals surface area contributed by atoms with Crippen molar-refractivity contribution in [2.45, 2.75) is 19.8 Å². The number of carbonyl (C=O) groups is 1. The molecule has 0 radical (unpaired) electrons. The van der Waals surface area contributed by atoms with Crippen molar-refractivity contribution >= 4 is 12.0 Å². The molecule has 0 heterocycles. The highest BCUT2D eigenvalue weighted by Crippen LogP contribution is 2.44. The molecule has 44 valence electrons. The van der Waals surface area contributed by atoms with Crippen LogP contribution in [0.25, 0.3) is 0 Å². The van der Waals surface area contributed by atoms with Crippen LogP contribution in [0.2, 0.25) is 0 Å². The Bertz CT molecular complexity index is 135. The van der Waals surface area contributed by atoms with Crippen molar-refractivity contribution in [1.82, 2.24) is 0 Å². The molecule has 0 amide bonds. The Kier molecular flexibility index (Phi) is 0.962. The molecule has 0 bridgehead atoms. The summed E-state index contributed by atoms with van der Waals surface area (Å²) < 4.78 is 0. The number of hydrogen-bond acceptors (Lipinski definition) is 2. The number of carbonyl (C=O) groups excluding carboxylic acids is 1. The first-order valence-electron chi connectivity index (χ1n) is 2.74. The highest BCUT2D eigenvalue weighted by atomic mass is 16.1. The first kappa shape index (κ1) is 5.48. The third-order valence-corrected chi connectivity index (χ3v) is 1.77. The van der Waals surface area contributed by atoms with Crippen LogP contribution in [0.3, 0.4) is 0 Å². The standard InChI is InChI=1S/C6H9NO/c1-5(8)6(4-7)2-3-6/h4,7H,2-3H2,1H3. The van der Waals surface area contributed by atoms with Crippen molar-refractivity contribution in [2.75, 3.05) is 0 Å². The summed E-state index contributed by atoms with van der Waals surface area (Å²) in [7, 11) is 0. The second kappa shape index (κ2) is 1.41. The lowest BCUT2D eigenvalue weighted by Crippen LogP contribution is -2.11. The van der Waals surface area contributed by atoms with Crippen LogP contribution in [-0.2, 0) is 4.79 Å². The van der Waals surface area contributed by atoms with Crippen molar-refractivity contribution in [3.05, 3.63) is 0 Å². The quantitative estimate of drug-likeness (QED) is 0.531. The molecule has 0 spiro atoms. The molecule has 0 aliphatic heterocycles. The highest BCUT2D eigenvalue weighted by Gasteiger charge is 2.45. The van der Waals surface area contributed by atoms with Crippen molar-refractivity contribution in [1.29, 1.82) is 5.41 Å². The Morgan fingerprint density at radius 1 is 1.75 bits per heavy atom. The summed E-state index contributed by atoms with van der Waals surface area (Å²) in [6, 6.07) is 0. The van der Waals surface area contributed by atoms with Gasteiger partial charge in [0.2, 0.25) is 0 Å². The molecule has 1 aliphatic carbocycles. The number of ketones is 1. The molecule has 1 fully saturated rings.